The third kappa shape index (κ3) is 4.39. The Morgan fingerprint density at radius 2 is 1.95 bits per heavy atom. The van der Waals surface area contributed by atoms with Gasteiger partial charge in [0.2, 0.25) is 0 Å². The number of amides is 1. The van der Waals surface area contributed by atoms with Crippen LogP contribution in [-0.4, -0.2) is 31.0 Å². The quantitative estimate of drug-likeness (QED) is 0.788. The zero-order valence-corrected chi connectivity index (χ0v) is 11.6. The van der Waals surface area contributed by atoms with Crippen LogP contribution in [-0.2, 0) is 0 Å². The molecule has 0 aliphatic heterocycles. The van der Waals surface area contributed by atoms with Crippen LogP contribution < -0.4 is 4.74 Å². The van der Waals surface area contributed by atoms with Gasteiger partial charge < -0.3 is 9.64 Å². The SMILES string of the molecule is CC/C(=C/F)COc1ccc(C(=O)N(C)CC)cc1. The fourth-order valence-corrected chi connectivity index (χ4v) is 1.44. The van der Waals surface area contributed by atoms with Crippen molar-refractivity contribution in [2.24, 2.45) is 0 Å². The van der Waals surface area contributed by atoms with E-state index in [1.807, 2.05) is 13.8 Å². The number of carbonyl (C=O) groups excluding carboxylic acids is 1. The fourth-order valence-electron chi connectivity index (χ4n) is 1.44. The molecule has 0 bridgehead atoms. The van der Waals surface area contributed by atoms with E-state index < -0.39 is 0 Å². The van der Waals surface area contributed by atoms with Crippen molar-refractivity contribution >= 4 is 5.91 Å². The summed E-state index contributed by atoms with van der Waals surface area (Å²) < 4.78 is 17.8. The highest BCUT2D eigenvalue weighted by atomic mass is 19.1. The van der Waals surface area contributed by atoms with Crippen LogP contribution in [0.4, 0.5) is 4.39 Å². The largest absolute Gasteiger partial charge is 0.489 e. The van der Waals surface area contributed by atoms with Gasteiger partial charge in [-0.2, -0.15) is 0 Å². The van der Waals surface area contributed by atoms with Crippen LogP contribution in [0, 0.1) is 0 Å². The van der Waals surface area contributed by atoms with Crippen LogP contribution in [0.3, 0.4) is 0 Å². The lowest BCUT2D eigenvalue weighted by atomic mass is 10.2. The second-order valence-corrected chi connectivity index (χ2v) is 4.25. The molecule has 0 N–H and O–H groups in total. The van der Waals surface area contributed by atoms with E-state index in [1.165, 1.54) is 0 Å². The van der Waals surface area contributed by atoms with Crippen LogP contribution in [0.15, 0.2) is 36.2 Å². The number of halogens is 1. The number of hydrogen-bond acceptors (Lipinski definition) is 2. The van der Waals surface area contributed by atoms with Gasteiger partial charge in [-0.05, 0) is 43.2 Å². The number of carbonyl (C=O) groups is 1. The van der Waals surface area contributed by atoms with E-state index in [4.69, 9.17) is 4.74 Å². The van der Waals surface area contributed by atoms with E-state index in [0.717, 1.165) is 0 Å². The minimum atomic E-state index is -0.0213. The van der Waals surface area contributed by atoms with Gasteiger partial charge in [-0.15, -0.1) is 0 Å². The molecule has 0 radical (unpaired) electrons. The van der Waals surface area contributed by atoms with Gasteiger partial charge in [-0.3, -0.25) is 4.79 Å². The van der Waals surface area contributed by atoms with Crippen molar-refractivity contribution < 1.29 is 13.9 Å². The number of ether oxygens (including phenoxy) is 1. The summed E-state index contributed by atoms with van der Waals surface area (Å²) >= 11 is 0. The van der Waals surface area contributed by atoms with Crippen molar-refractivity contribution in [3.63, 3.8) is 0 Å². The predicted molar refractivity (Wildman–Crippen MR) is 74.1 cm³/mol. The molecule has 0 unspecified atom stereocenters. The van der Waals surface area contributed by atoms with Crippen LogP contribution in [0.2, 0.25) is 0 Å². The maximum absolute atomic E-state index is 12.4. The topological polar surface area (TPSA) is 29.5 Å². The molecule has 1 aromatic rings. The van der Waals surface area contributed by atoms with Gasteiger partial charge in [-0.25, -0.2) is 4.39 Å². The number of hydrogen-bond donors (Lipinski definition) is 0. The van der Waals surface area contributed by atoms with Gasteiger partial charge in [0.05, 0.1) is 6.33 Å². The summed E-state index contributed by atoms with van der Waals surface area (Å²) in [5, 5.41) is 0. The molecule has 0 saturated carbocycles. The molecule has 1 amide bonds. The average Bonchev–Trinajstić information content (AvgIpc) is 2.47. The highest BCUT2D eigenvalue weighted by Crippen LogP contribution is 2.15. The summed E-state index contributed by atoms with van der Waals surface area (Å²) in [7, 11) is 1.76. The third-order valence-corrected chi connectivity index (χ3v) is 2.95. The molecule has 3 nitrogen and oxygen atoms in total. The second-order valence-electron chi connectivity index (χ2n) is 4.25. The smallest absolute Gasteiger partial charge is 0.253 e. The van der Waals surface area contributed by atoms with E-state index in [9.17, 15) is 9.18 Å². The number of benzene rings is 1. The van der Waals surface area contributed by atoms with Crippen molar-refractivity contribution in [2.75, 3.05) is 20.2 Å². The van der Waals surface area contributed by atoms with Crippen molar-refractivity contribution in [1.29, 1.82) is 0 Å². The minimum absolute atomic E-state index is 0.0213. The molecule has 0 atom stereocenters. The van der Waals surface area contributed by atoms with Crippen LogP contribution in [0.1, 0.15) is 30.6 Å². The fraction of sp³-hybridized carbons (Fsp3) is 0.400. The van der Waals surface area contributed by atoms with Gasteiger partial charge in [0.25, 0.3) is 5.91 Å². The van der Waals surface area contributed by atoms with Gasteiger partial charge in [-0.1, -0.05) is 6.92 Å². The number of nitrogens with zero attached hydrogens (tertiary/aromatic N) is 1. The first-order valence-corrected chi connectivity index (χ1v) is 6.38. The molecule has 0 aliphatic carbocycles. The first kappa shape index (κ1) is 15.2. The van der Waals surface area contributed by atoms with E-state index >= 15 is 0 Å². The maximum Gasteiger partial charge on any atom is 0.253 e. The molecular weight excluding hydrogens is 245 g/mol. The molecule has 19 heavy (non-hydrogen) atoms. The van der Waals surface area contributed by atoms with Gasteiger partial charge in [0, 0.05) is 19.2 Å². The van der Waals surface area contributed by atoms with Gasteiger partial charge >= 0.3 is 0 Å². The van der Waals surface area contributed by atoms with E-state index in [-0.39, 0.29) is 12.5 Å². The highest BCUT2D eigenvalue weighted by molar-refractivity contribution is 5.94. The molecule has 0 aliphatic rings. The Hall–Kier alpha value is -1.84. The Balaban J connectivity index is 2.64. The molecule has 1 rings (SSSR count). The lowest BCUT2D eigenvalue weighted by Crippen LogP contribution is -2.26. The summed E-state index contributed by atoms with van der Waals surface area (Å²) in [4.78, 5) is 13.5. The molecule has 1 aromatic carbocycles. The van der Waals surface area contributed by atoms with E-state index in [1.54, 1.807) is 36.2 Å². The molecule has 0 spiro atoms. The van der Waals surface area contributed by atoms with E-state index in [2.05, 4.69) is 0 Å². The Morgan fingerprint density at radius 1 is 1.32 bits per heavy atom. The van der Waals surface area contributed by atoms with Crippen LogP contribution >= 0.6 is 0 Å². The standard InChI is InChI=1S/C15H20FNO2/c1-4-12(10-16)11-19-14-8-6-13(7-9-14)15(18)17(3)5-2/h6-10H,4-5,11H2,1-3H3/b12-10-. The first-order chi connectivity index (χ1) is 9.12. The van der Waals surface area contributed by atoms with Crippen LogP contribution in [0.5, 0.6) is 5.75 Å². The Bertz CT molecular complexity index is 440. The van der Waals surface area contributed by atoms with Crippen molar-refractivity contribution in [1.82, 2.24) is 4.90 Å². The summed E-state index contributed by atoms with van der Waals surface area (Å²) in [5.41, 5.74) is 1.22. The lowest BCUT2D eigenvalue weighted by molar-refractivity contribution is 0.0802. The molecule has 0 heterocycles. The third-order valence-electron chi connectivity index (χ3n) is 2.95. The van der Waals surface area contributed by atoms with Crippen molar-refractivity contribution in [3.05, 3.63) is 41.7 Å². The van der Waals surface area contributed by atoms with Crippen LogP contribution in [0.25, 0.3) is 0 Å². The Labute approximate surface area is 113 Å². The van der Waals surface area contributed by atoms with Gasteiger partial charge in [0.1, 0.15) is 12.4 Å². The molecule has 0 aromatic heterocycles. The molecule has 0 saturated heterocycles. The Morgan fingerprint density at radius 3 is 2.42 bits per heavy atom. The summed E-state index contributed by atoms with van der Waals surface area (Å²) in [5.74, 6) is 0.607. The van der Waals surface area contributed by atoms with Crippen molar-refractivity contribution in [2.45, 2.75) is 20.3 Å². The van der Waals surface area contributed by atoms with Gasteiger partial charge in [0.15, 0.2) is 0 Å². The summed E-state index contributed by atoms with van der Waals surface area (Å²) in [6.45, 7) is 4.69. The number of rotatable bonds is 6. The molecular formula is C15H20FNO2. The first-order valence-electron chi connectivity index (χ1n) is 6.38. The zero-order chi connectivity index (χ0) is 14.3. The van der Waals surface area contributed by atoms with Crippen molar-refractivity contribution in [3.8, 4) is 5.75 Å². The summed E-state index contributed by atoms with van der Waals surface area (Å²) in [6.07, 6.45) is 1.20. The molecule has 4 heteroatoms. The monoisotopic (exact) mass is 265 g/mol. The maximum atomic E-state index is 12.4. The predicted octanol–water partition coefficient (Wildman–Crippen LogP) is 3.42. The minimum Gasteiger partial charge on any atom is -0.489 e. The average molecular weight is 265 g/mol. The highest BCUT2D eigenvalue weighted by Gasteiger charge is 2.09. The molecule has 0 fully saturated rings. The zero-order valence-electron chi connectivity index (χ0n) is 11.6. The lowest BCUT2D eigenvalue weighted by Gasteiger charge is -2.14. The second kappa shape index (κ2) is 7.56. The normalized spacial score (nSPS) is 11.3. The van der Waals surface area contributed by atoms with E-state index in [0.29, 0.717) is 36.2 Å². The Kier molecular flexibility index (Phi) is 6.06. The molecule has 104 valence electrons. The summed E-state index contributed by atoms with van der Waals surface area (Å²) in [6, 6.07) is 6.88.